The van der Waals surface area contributed by atoms with E-state index in [-0.39, 0.29) is 6.54 Å². The average Bonchev–Trinajstić information content (AvgIpc) is 2.48. The Labute approximate surface area is 132 Å². The van der Waals surface area contributed by atoms with Crippen molar-refractivity contribution in [1.29, 1.82) is 0 Å². The molecule has 0 aliphatic rings. The van der Waals surface area contributed by atoms with E-state index in [2.05, 4.69) is 24.4 Å². The van der Waals surface area contributed by atoms with Gasteiger partial charge in [-0.2, -0.15) is 0 Å². The van der Waals surface area contributed by atoms with Crippen molar-refractivity contribution in [2.24, 2.45) is 0 Å². The molecule has 1 amide bonds. The van der Waals surface area contributed by atoms with Crippen LogP contribution in [0.2, 0.25) is 0 Å². The number of nitrogens with one attached hydrogen (secondary N) is 2. The van der Waals surface area contributed by atoms with Gasteiger partial charge in [0.1, 0.15) is 6.54 Å². The molecule has 0 aliphatic carbocycles. The minimum Gasteiger partial charge on any atom is -0.303 e. The molecule has 2 N–H and O–H groups in total. The molecule has 22 heavy (non-hydrogen) atoms. The number of allylic oxidation sites excluding steroid dienone is 1. The second kappa shape index (κ2) is 8.43. The summed E-state index contributed by atoms with van der Waals surface area (Å²) in [6.07, 6.45) is 3.83. The quantitative estimate of drug-likeness (QED) is 0.678. The third-order valence-electron chi connectivity index (χ3n) is 2.94. The Morgan fingerprint density at radius 2 is 1.86 bits per heavy atom. The van der Waals surface area contributed by atoms with Crippen molar-refractivity contribution in [2.45, 2.75) is 26.2 Å². The topological polar surface area (TPSA) is 78.5 Å². The highest BCUT2D eigenvalue weighted by atomic mass is 32.2. The van der Waals surface area contributed by atoms with E-state index < -0.39 is 15.9 Å². The molecule has 1 aromatic rings. The second-order valence-corrected chi connectivity index (χ2v) is 6.89. The van der Waals surface area contributed by atoms with Crippen LogP contribution in [0.5, 0.6) is 0 Å². The zero-order valence-electron chi connectivity index (χ0n) is 13.0. The van der Waals surface area contributed by atoms with Gasteiger partial charge >= 0.3 is 0 Å². The summed E-state index contributed by atoms with van der Waals surface area (Å²) in [5.74, 6) is -0.452. The van der Waals surface area contributed by atoms with Gasteiger partial charge in [-0.3, -0.25) is 14.5 Å². The summed E-state index contributed by atoms with van der Waals surface area (Å²) in [4.78, 5) is 11.9. The molecule has 0 aliphatic heterocycles. The highest BCUT2D eigenvalue weighted by Crippen LogP contribution is 2.15. The summed E-state index contributed by atoms with van der Waals surface area (Å²) in [6.45, 7) is 5.56. The molecule has 6 nitrogen and oxygen atoms in total. The molecule has 0 bridgehead atoms. The normalized spacial score (nSPS) is 10.8. The number of sulfonamides is 1. The fourth-order valence-corrected chi connectivity index (χ4v) is 2.63. The molecule has 0 saturated carbocycles. The molecule has 0 fully saturated rings. The fourth-order valence-electron chi connectivity index (χ4n) is 1.78. The predicted molar refractivity (Wildman–Crippen MR) is 88.6 cm³/mol. The minimum atomic E-state index is -3.54. The zero-order valence-corrected chi connectivity index (χ0v) is 13.8. The lowest BCUT2D eigenvalue weighted by Crippen LogP contribution is -2.45. The van der Waals surface area contributed by atoms with Gasteiger partial charge in [-0.05, 0) is 25.0 Å². The number of hydrazine groups is 1. The molecule has 0 radical (unpaired) electrons. The average molecular weight is 325 g/mol. The molecule has 7 heteroatoms. The van der Waals surface area contributed by atoms with Crippen molar-refractivity contribution >= 4 is 21.6 Å². The minimum absolute atomic E-state index is 0.295. The van der Waals surface area contributed by atoms with Gasteiger partial charge in [-0.25, -0.2) is 8.42 Å². The first-order valence-corrected chi connectivity index (χ1v) is 8.94. The zero-order chi connectivity index (χ0) is 16.6. The van der Waals surface area contributed by atoms with Crippen LogP contribution in [0.4, 0.5) is 5.69 Å². The Morgan fingerprint density at radius 3 is 2.41 bits per heavy atom. The summed E-state index contributed by atoms with van der Waals surface area (Å²) in [5, 5.41) is 0. The number of unbranched alkanes of at least 4 members (excludes halogenated alkanes) is 1. The van der Waals surface area contributed by atoms with Crippen molar-refractivity contribution in [1.82, 2.24) is 10.9 Å². The molecule has 0 unspecified atom stereocenters. The number of carbonyl (C=O) groups is 1. The van der Waals surface area contributed by atoms with Crippen LogP contribution in [0.3, 0.4) is 0 Å². The first-order chi connectivity index (χ1) is 10.3. The lowest BCUT2D eigenvalue weighted by Gasteiger charge is -2.22. The van der Waals surface area contributed by atoms with Crippen LogP contribution in [0.1, 0.15) is 26.2 Å². The van der Waals surface area contributed by atoms with Crippen LogP contribution in [-0.2, 0) is 14.8 Å². The summed E-state index contributed by atoms with van der Waals surface area (Å²) in [6, 6.07) is 8.50. The largest absolute Gasteiger partial charge is 0.303 e. The van der Waals surface area contributed by atoms with E-state index >= 15 is 0 Å². The maximum Gasteiger partial charge on any atom is 0.259 e. The molecule has 0 heterocycles. The number of rotatable bonds is 9. The molecule has 1 aromatic carbocycles. The van der Waals surface area contributed by atoms with Crippen LogP contribution in [0.25, 0.3) is 0 Å². The predicted octanol–water partition coefficient (Wildman–Crippen LogP) is 1.78. The number of hydrogen-bond donors (Lipinski definition) is 2. The number of para-hydroxylation sites is 1. The van der Waals surface area contributed by atoms with Crippen molar-refractivity contribution in [3.63, 3.8) is 0 Å². The Kier molecular flexibility index (Phi) is 6.91. The van der Waals surface area contributed by atoms with Crippen molar-refractivity contribution in [3.8, 4) is 0 Å². The molecule has 122 valence electrons. The van der Waals surface area contributed by atoms with Gasteiger partial charge in [-0.15, -0.1) is 0 Å². The van der Waals surface area contributed by atoms with E-state index in [1.165, 1.54) is 0 Å². The third kappa shape index (κ3) is 6.17. The highest BCUT2D eigenvalue weighted by molar-refractivity contribution is 7.92. The lowest BCUT2D eigenvalue weighted by molar-refractivity contribution is -0.120. The first kappa shape index (κ1) is 18.0. The summed E-state index contributed by atoms with van der Waals surface area (Å²) >= 11 is 0. The van der Waals surface area contributed by atoms with E-state index in [4.69, 9.17) is 0 Å². The van der Waals surface area contributed by atoms with Gasteiger partial charge < -0.3 is 5.43 Å². The molecule has 0 saturated heterocycles. The van der Waals surface area contributed by atoms with Crippen LogP contribution >= 0.6 is 0 Å². The molecule has 0 aromatic heterocycles. The SMILES string of the molecule is C=C(CCCC)NNC(=O)CN(c1ccccc1)S(C)(=O)=O. The van der Waals surface area contributed by atoms with Crippen molar-refractivity contribution in [2.75, 3.05) is 17.1 Å². The standard InChI is InChI=1S/C15H23N3O3S/c1-4-5-9-13(2)16-17-15(19)12-18(22(3,20)21)14-10-7-6-8-11-14/h6-8,10-11,16H,2,4-5,9,12H2,1,3H3,(H,17,19). The van der Waals surface area contributed by atoms with E-state index in [1.54, 1.807) is 30.3 Å². The van der Waals surface area contributed by atoms with Gasteiger partial charge in [-0.1, -0.05) is 38.1 Å². The maximum atomic E-state index is 11.9. The molecule has 0 atom stereocenters. The van der Waals surface area contributed by atoms with E-state index in [0.29, 0.717) is 11.4 Å². The number of amides is 1. The number of anilines is 1. The van der Waals surface area contributed by atoms with E-state index in [0.717, 1.165) is 29.8 Å². The Hall–Kier alpha value is -2.02. The number of carbonyl (C=O) groups excluding carboxylic acids is 1. The van der Waals surface area contributed by atoms with Gasteiger partial charge in [0.2, 0.25) is 10.0 Å². The second-order valence-electron chi connectivity index (χ2n) is 4.99. The summed E-state index contributed by atoms with van der Waals surface area (Å²) in [7, 11) is -3.54. The van der Waals surface area contributed by atoms with Crippen LogP contribution in [0.15, 0.2) is 42.6 Å². The van der Waals surface area contributed by atoms with Gasteiger partial charge in [0.15, 0.2) is 0 Å². The Morgan fingerprint density at radius 1 is 1.23 bits per heavy atom. The van der Waals surface area contributed by atoms with Crippen LogP contribution in [0, 0.1) is 0 Å². The first-order valence-electron chi connectivity index (χ1n) is 7.10. The third-order valence-corrected chi connectivity index (χ3v) is 4.08. The summed E-state index contributed by atoms with van der Waals surface area (Å²) in [5.41, 5.74) is 6.32. The molecular weight excluding hydrogens is 302 g/mol. The van der Waals surface area contributed by atoms with Crippen molar-refractivity contribution < 1.29 is 13.2 Å². The smallest absolute Gasteiger partial charge is 0.259 e. The molecule has 0 spiro atoms. The number of benzene rings is 1. The molecule has 1 rings (SSSR count). The highest BCUT2D eigenvalue weighted by Gasteiger charge is 2.20. The maximum absolute atomic E-state index is 11.9. The van der Waals surface area contributed by atoms with Gasteiger partial charge in [0, 0.05) is 5.70 Å². The molecular formula is C15H23N3O3S. The van der Waals surface area contributed by atoms with E-state index in [9.17, 15) is 13.2 Å². The number of hydrogen-bond acceptors (Lipinski definition) is 4. The lowest BCUT2D eigenvalue weighted by atomic mass is 10.2. The van der Waals surface area contributed by atoms with Crippen molar-refractivity contribution in [3.05, 3.63) is 42.6 Å². The van der Waals surface area contributed by atoms with Gasteiger partial charge in [0.25, 0.3) is 5.91 Å². The Bertz CT molecular complexity index is 600. The number of nitrogens with zero attached hydrogens (tertiary/aromatic N) is 1. The monoisotopic (exact) mass is 325 g/mol. The summed E-state index contributed by atoms with van der Waals surface area (Å²) < 4.78 is 24.8. The van der Waals surface area contributed by atoms with Crippen LogP contribution < -0.4 is 15.2 Å². The van der Waals surface area contributed by atoms with E-state index in [1.807, 2.05) is 0 Å². The van der Waals surface area contributed by atoms with Gasteiger partial charge in [0.05, 0.1) is 11.9 Å². The van der Waals surface area contributed by atoms with Crippen LogP contribution in [-0.4, -0.2) is 27.1 Å². The Balaban J connectivity index is 2.64. The fraction of sp³-hybridized carbons (Fsp3) is 0.400.